The fraction of sp³-hybridized carbons (Fsp3) is 0.600. The molecule has 0 unspecified atom stereocenters. The van der Waals surface area contributed by atoms with Crippen LogP contribution in [0.3, 0.4) is 0 Å². The molecule has 0 bridgehead atoms. The van der Waals surface area contributed by atoms with Crippen molar-refractivity contribution in [2.45, 2.75) is 39.5 Å². The van der Waals surface area contributed by atoms with Crippen LogP contribution in [0.2, 0.25) is 0 Å². The Morgan fingerprint density at radius 1 is 1.38 bits per heavy atom. The second kappa shape index (κ2) is 11.2. The maximum atomic E-state index is 3.37. The molecule has 0 saturated heterocycles. The predicted molar refractivity (Wildman–Crippen MR) is 44.7 cm³/mol. The van der Waals surface area contributed by atoms with Gasteiger partial charge in [0.1, 0.15) is 0 Å². The molecule has 0 heterocycles. The summed E-state index contributed by atoms with van der Waals surface area (Å²) in [5, 5.41) is 0. The summed E-state index contributed by atoms with van der Waals surface area (Å²) in [7, 11) is 0. The van der Waals surface area contributed by atoms with Crippen molar-refractivity contribution in [3.05, 3.63) is 23.3 Å². The van der Waals surface area contributed by atoms with E-state index < -0.39 is 0 Å². The minimum atomic E-state index is 0. The van der Waals surface area contributed by atoms with Gasteiger partial charge >= 0.3 is 21.7 Å². The fourth-order valence-electron chi connectivity index (χ4n) is 1.18. The normalized spacial score (nSPS) is 13.1. The first-order chi connectivity index (χ1) is 4.83. The summed E-state index contributed by atoms with van der Waals surface area (Å²) in [6, 6.07) is 0. The summed E-state index contributed by atoms with van der Waals surface area (Å²) in [6.45, 7) is 4.38. The van der Waals surface area contributed by atoms with Gasteiger partial charge in [0.2, 0.25) is 0 Å². The average Bonchev–Trinajstić information content (AvgIpc) is 2.31. The van der Waals surface area contributed by atoms with Crippen LogP contribution in [-0.2, 0) is 21.7 Å². The summed E-state index contributed by atoms with van der Waals surface area (Å²) in [6.07, 6.45) is 10.6. The smallest absolute Gasteiger partial charge is 1.00 e. The van der Waals surface area contributed by atoms with E-state index in [0.717, 1.165) is 6.42 Å². The Kier molecular flexibility index (Phi) is 17.0. The van der Waals surface area contributed by atoms with E-state index in [4.69, 9.17) is 0 Å². The summed E-state index contributed by atoms with van der Waals surface area (Å²) in [4.78, 5) is 0. The first kappa shape index (κ1) is 19.7. The fourth-order valence-corrected chi connectivity index (χ4v) is 1.18. The van der Waals surface area contributed by atoms with Gasteiger partial charge in [0, 0.05) is 0 Å². The second-order valence-electron chi connectivity index (χ2n) is 2.94. The molecule has 0 aliphatic heterocycles. The zero-order valence-electron chi connectivity index (χ0n) is 8.16. The molecule has 0 aromatic rings. The van der Waals surface area contributed by atoms with Gasteiger partial charge in [-0.2, -0.15) is 5.57 Å². The van der Waals surface area contributed by atoms with E-state index in [2.05, 4.69) is 26.0 Å². The molecule has 1 aliphatic rings. The molecular formula is C10H15Br2Ti. The van der Waals surface area contributed by atoms with Gasteiger partial charge in [-0.1, -0.05) is 39.5 Å². The number of hydrogen-bond acceptors (Lipinski definition) is 0. The zero-order valence-corrected chi connectivity index (χ0v) is 12.9. The molecule has 0 fully saturated rings. The van der Waals surface area contributed by atoms with Gasteiger partial charge in [0.25, 0.3) is 0 Å². The molecule has 3 heteroatoms. The van der Waals surface area contributed by atoms with Crippen molar-refractivity contribution in [2.24, 2.45) is 0 Å². The molecule has 0 nitrogen and oxygen atoms in total. The van der Waals surface area contributed by atoms with Crippen LogP contribution in [0.15, 0.2) is 17.2 Å². The number of hydrogen-bond donors (Lipinski definition) is 0. The van der Waals surface area contributed by atoms with Crippen LogP contribution in [0.25, 0.3) is 0 Å². The Hall–Kier alpha value is 1.15. The van der Waals surface area contributed by atoms with Crippen LogP contribution in [-0.4, -0.2) is 0 Å². The Labute approximate surface area is 118 Å². The van der Waals surface area contributed by atoms with Crippen LogP contribution in [0, 0.1) is 6.08 Å². The molecule has 0 aromatic heterocycles. The standard InChI is InChI=1S/C10H15.2BrH.Ti/c1-3-4-5-10-7-6-9(2)8-10;;;/h7H,3-6H2,1-2H3;2*1H;/q-1;;;+3/p-2. The third-order valence-electron chi connectivity index (χ3n) is 1.83. The van der Waals surface area contributed by atoms with Gasteiger partial charge in [0.05, 0.1) is 0 Å². The minimum Gasteiger partial charge on any atom is -1.00 e. The third-order valence-corrected chi connectivity index (χ3v) is 1.83. The van der Waals surface area contributed by atoms with E-state index in [1.165, 1.54) is 30.4 Å². The number of unbranched alkanes of at least 4 members (excludes halogenated alkanes) is 1. The Morgan fingerprint density at radius 3 is 2.38 bits per heavy atom. The number of halogens is 2. The van der Waals surface area contributed by atoms with E-state index in [-0.39, 0.29) is 55.7 Å². The summed E-state index contributed by atoms with van der Waals surface area (Å²) < 4.78 is 0. The quantitative estimate of drug-likeness (QED) is 0.386. The SMILES string of the molecule is CCCCC1=CCC(C)=[C-]1.[Br-].[Br-].[Ti+3]. The molecule has 0 amide bonds. The Balaban J connectivity index is -0.000000333. The van der Waals surface area contributed by atoms with Gasteiger partial charge in [0.15, 0.2) is 0 Å². The maximum Gasteiger partial charge on any atom is 3.00 e. The molecule has 0 spiro atoms. The van der Waals surface area contributed by atoms with Crippen LogP contribution in [0.1, 0.15) is 39.5 Å². The van der Waals surface area contributed by atoms with E-state index in [0.29, 0.717) is 0 Å². The van der Waals surface area contributed by atoms with Crippen LogP contribution >= 0.6 is 0 Å². The monoisotopic (exact) mass is 341 g/mol. The van der Waals surface area contributed by atoms with E-state index in [1.54, 1.807) is 0 Å². The molecule has 13 heavy (non-hydrogen) atoms. The van der Waals surface area contributed by atoms with Crippen LogP contribution < -0.4 is 34.0 Å². The topological polar surface area (TPSA) is 0 Å². The molecule has 1 radical (unpaired) electrons. The minimum absolute atomic E-state index is 0. The van der Waals surface area contributed by atoms with E-state index in [1.807, 2.05) is 0 Å². The van der Waals surface area contributed by atoms with Gasteiger partial charge in [-0.3, -0.25) is 0 Å². The molecule has 1 aliphatic carbocycles. The first-order valence-corrected chi connectivity index (χ1v) is 4.11. The van der Waals surface area contributed by atoms with Crippen molar-refractivity contribution in [2.75, 3.05) is 0 Å². The van der Waals surface area contributed by atoms with Crippen molar-refractivity contribution in [1.82, 2.24) is 0 Å². The largest absolute Gasteiger partial charge is 3.00 e. The summed E-state index contributed by atoms with van der Waals surface area (Å²) in [5.74, 6) is 0. The van der Waals surface area contributed by atoms with Gasteiger partial charge in [-0.15, -0.1) is 0 Å². The van der Waals surface area contributed by atoms with E-state index >= 15 is 0 Å². The summed E-state index contributed by atoms with van der Waals surface area (Å²) >= 11 is 0. The molecule has 0 atom stereocenters. The van der Waals surface area contributed by atoms with Gasteiger partial charge < -0.3 is 34.0 Å². The zero-order chi connectivity index (χ0) is 7.40. The first-order valence-electron chi connectivity index (χ1n) is 4.11. The maximum absolute atomic E-state index is 3.37. The average molecular weight is 343 g/mol. The van der Waals surface area contributed by atoms with Gasteiger partial charge in [-0.25, -0.2) is 17.7 Å². The van der Waals surface area contributed by atoms with Crippen LogP contribution in [0.5, 0.6) is 0 Å². The van der Waals surface area contributed by atoms with Crippen molar-refractivity contribution in [1.29, 1.82) is 0 Å². The van der Waals surface area contributed by atoms with Crippen molar-refractivity contribution in [3.8, 4) is 0 Å². The molecule has 0 aromatic carbocycles. The second-order valence-corrected chi connectivity index (χ2v) is 2.94. The Bertz CT molecular complexity index is 174. The molecule has 1 rings (SSSR count). The van der Waals surface area contributed by atoms with Crippen molar-refractivity contribution in [3.63, 3.8) is 0 Å². The number of rotatable bonds is 3. The number of allylic oxidation sites excluding steroid dienone is 4. The summed E-state index contributed by atoms with van der Waals surface area (Å²) in [5.41, 5.74) is 2.82. The third kappa shape index (κ3) is 8.17. The van der Waals surface area contributed by atoms with Gasteiger partial charge in [-0.05, 0) is 0 Å². The van der Waals surface area contributed by atoms with Crippen LogP contribution in [0.4, 0.5) is 0 Å². The molecule has 0 saturated carbocycles. The van der Waals surface area contributed by atoms with E-state index in [9.17, 15) is 0 Å². The van der Waals surface area contributed by atoms with Crippen molar-refractivity contribution >= 4 is 0 Å². The molecule has 73 valence electrons. The molecular weight excluding hydrogens is 328 g/mol. The van der Waals surface area contributed by atoms with Crippen molar-refractivity contribution < 1.29 is 55.7 Å². The Morgan fingerprint density at radius 2 is 2.00 bits per heavy atom. The predicted octanol–water partition coefficient (Wildman–Crippen LogP) is -2.74. The molecule has 0 N–H and O–H groups in total.